The second-order valence-corrected chi connectivity index (χ2v) is 6.99. The minimum absolute atomic E-state index is 0.324. The van der Waals surface area contributed by atoms with E-state index in [4.69, 9.17) is 15.6 Å². The second kappa shape index (κ2) is 11.3. The summed E-state index contributed by atoms with van der Waals surface area (Å²) >= 11 is 0. The van der Waals surface area contributed by atoms with E-state index in [1.165, 1.54) is 10.9 Å². The Morgan fingerprint density at radius 2 is 1.83 bits per heavy atom. The van der Waals surface area contributed by atoms with Gasteiger partial charge in [0.2, 0.25) is 0 Å². The van der Waals surface area contributed by atoms with Crippen LogP contribution in [-0.2, 0) is 11.3 Å². The number of carbonyl (C=O) groups is 1. The summed E-state index contributed by atoms with van der Waals surface area (Å²) in [6.07, 6.45) is -4.06. The molecule has 3 heterocycles. The van der Waals surface area contributed by atoms with E-state index in [2.05, 4.69) is 15.1 Å². The van der Waals surface area contributed by atoms with Crippen molar-refractivity contribution in [3.8, 4) is 17.1 Å². The molecule has 15 heteroatoms. The van der Waals surface area contributed by atoms with Crippen LogP contribution in [0.5, 0.6) is 0 Å². The van der Waals surface area contributed by atoms with E-state index in [9.17, 15) is 26.7 Å². The van der Waals surface area contributed by atoms with Crippen LogP contribution in [0.3, 0.4) is 0 Å². The molecule has 3 N–H and O–H groups in total. The van der Waals surface area contributed by atoms with Gasteiger partial charge in [-0.1, -0.05) is 6.07 Å². The number of halogens is 5. The molecule has 0 aliphatic carbocycles. The molecule has 0 spiro atoms. The Labute approximate surface area is 194 Å². The number of carboxylic acids is 1. The third-order valence-corrected chi connectivity index (χ3v) is 4.31. The lowest BCUT2D eigenvalue weighted by molar-refractivity contribution is -0.192. The summed E-state index contributed by atoms with van der Waals surface area (Å²) in [5.41, 5.74) is 5.76. The molecule has 0 unspecified atom stereocenters. The number of anilines is 1. The summed E-state index contributed by atoms with van der Waals surface area (Å²) < 4.78 is 59.4. The molecule has 0 bridgehead atoms. The van der Waals surface area contributed by atoms with Gasteiger partial charge in [-0.3, -0.25) is 0 Å². The summed E-state index contributed by atoms with van der Waals surface area (Å²) in [7, 11) is 3.79. The number of alkyl halides is 3. The average Bonchev–Trinajstić information content (AvgIpc) is 3.17. The summed E-state index contributed by atoms with van der Waals surface area (Å²) in [4.78, 5) is 32.1. The number of nitrogens with two attached hydrogens (primary N) is 1. The van der Waals surface area contributed by atoms with Crippen LogP contribution in [0.2, 0.25) is 0 Å². The van der Waals surface area contributed by atoms with Gasteiger partial charge >= 0.3 is 17.8 Å². The van der Waals surface area contributed by atoms with Gasteiger partial charge < -0.3 is 15.7 Å². The van der Waals surface area contributed by atoms with Crippen molar-refractivity contribution in [2.24, 2.45) is 5.73 Å². The third kappa shape index (κ3) is 7.17. The molecule has 0 saturated carbocycles. The first-order chi connectivity index (χ1) is 16.3. The number of aromatic nitrogens is 5. The monoisotopic (exact) mass is 501 g/mol. The number of carboxylic acid groups (broad SMARTS) is 1. The van der Waals surface area contributed by atoms with E-state index in [0.717, 1.165) is 16.1 Å². The number of pyridine rings is 2. The third-order valence-electron chi connectivity index (χ3n) is 4.31. The molecule has 0 saturated heterocycles. The molecular weight excluding hydrogens is 481 g/mol. The van der Waals surface area contributed by atoms with Crippen molar-refractivity contribution in [3.05, 3.63) is 65.0 Å². The highest BCUT2D eigenvalue weighted by Crippen LogP contribution is 2.19. The zero-order valence-electron chi connectivity index (χ0n) is 18.4. The van der Waals surface area contributed by atoms with Gasteiger partial charge in [-0.2, -0.15) is 27.1 Å². The lowest BCUT2D eigenvalue weighted by Crippen LogP contribution is -2.26. The van der Waals surface area contributed by atoms with Gasteiger partial charge in [-0.15, -0.1) is 0 Å². The quantitative estimate of drug-likeness (QED) is 0.492. The highest BCUT2D eigenvalue weighted by atomic mass is 19.4. The molecular formula is C20H20F5N7O3. The molecule has 0 radical (unpaired) electrons. The SMILES string of the molecule is CN(C)c1ccc(-c2cccc(-n3cnn(CC(CN)=C(F)F)c3=O)n2)cn1.O=C(O)C(F)(F)F. The van der Waals surface area contributed by atoms with Crippen LogP contribution in [0.15, 0.2) is 59.3 Å². The molecule has 0 amide bonds. The van der Waals surface area contributed by atoms with Gasteiger partial charge in [0.05, 0.1) is 12.2 Å². The van der Waals surface area contributed by atoms with E-state index in [1.54, 1.807) is 24.4 Å². The number of aliphatic carboxylic acids is 1. The van der Waals surface area contributed by atoms with Crippen LogP contribution in [-0.4, -0.2) is 62.2 Å². The van der Waals surface area contributed by atoms with Gasteiger partial charge in [0.15, 0.2) is 0 Å². The maximum atomic E-state index is 12.8. The summed E-state index contributed by atoms with van der Waals surface area (Å²) in [5.74, 6) is -1.63. The lowest BCUT2D eigenvalue weighted by atomic mass is 10.2. The molecule has 0 atom stereocenters. The molecule has 188 valence electrons. The van der Waals surface area contributed by atoms with Crippen LogP contribution in [0.4, 0.5) is 27.8 Å². The van der Waals surface area contributed by atoms with Crippen molar-refractivity contribution in [1.29, 1.82) is 0 Å². The molecule has 35 heavy (non-hydrogen) atoms. The highest BCUT2D eigenvalue weighted by Gasteiger charge is 2.38. The lowest BCUT2D eigenvalue weighted by Gasteiger charge is -2.11. The predicted octanol–water partition coefficient (Wildman–Crippen LogP) is 2.30. The maximum Gasteiger partial charge on any atom is 0.490 e. The Balaban J connectivity index is 0.000000540. The highest BCUT2D eigenvalue weighted by molar-refractivity contribution is 5.73. The zero-order valence-corrected chi connectivity index (χ0v) is 18.4. The molecule has 10 nitrogen and oxygen atoms in total. The number of nitrogens with zero attached hydrogens (tertiary/aromatic N) is 6. The predicted molar refractivity (Wildman–Crippen MR) is 115 cm³/mol. The smallest absolute Gasteiger partial charge is 0.475 e. The van der Waals surface area contributed by atoms with Crippen LogP contribution in [0.1, 0.15) is 0 Å². The largest absolute Gasteiger partial charge is 0.490 e. The van der Waals surface area contributed by atoms with Crippen molar-refractivity contribution in [2.75, 3.05) is 25.5 Å². The number of hydrogen-bond donors (Lipinski definition) is 2. The van der Waals surface area contributed by atoms with E-state index < -0.39 is 23.9 Å². The van der Waals surface area contributed by atoms with Gasteiger partial charge in [-0.25, -0.2) is 28.8 Å². The molecule has 0 aromatic carbocycles. The number of hydrogen-bond acceptors (Lipinski definition) is 7. The Morgan fingerprint density at radius 3 is 2.31 bits per heavy atom. The Hall–Kier alpha value is -4.14. The van der Waals surface area contributed by atoms with E-state index in [-0.39, 0.29) is 18.7 Å². The van der Waals surface area contributed by atoms with E-state index >= 15 is 0 Å². The zero-order chi connectivity index (χ0) is 26.3. The fourth-order valence-corrected chi connectivity index (χ4v) is 2.51. The van der Waals surface area contributed by atoms with Gasteiger partial charge in [0.25, 0.3) is 6.08 Å². The van der Waals surface area contributed by atoms with Crippen molar-refractivity contribution < 1.29 is 31.9 Å². The summed E-state index contributed by atoms with van der Waals surface area (Å²) in [6, 6.07) is 8.91. The second-order valence-electron chi connectivity index (χ2n) is 6.99. The Kier molecular flexibility index (Phi) is 8.77. The van der Waals surface area contributed by atoms with Crippen LogP contribution >= 0.6 is 0 Å². The van der Waals surface area contributed by atoms with E-state index in [0.29, 0.717) is 11.5 Å². The van der Waals surface area contributed by atoms with Crippen LogP contribution in [0.25, 0.3) is 17.1 Å². The van der Waals surface area contributed by atoms with Gasteiger partial charge in [0.1, 0.15) is 18.0 Å². The molecule has 3 aromatic rings. The van der Waals surface area contributed by atoms with Crippen molar-refractivity contribution in [2.45, 2.75) is 12.7 Å². The fourth-order valence-electron chi connectivity index (χ4n) is 2.51. The van der Waals surface area contributed by atoms with Crippen molar-refractivity contribution in [3.63, 3.8) is 0 Å². The fraction of sp³-hybridized carbons (Fsp3) is 0.250. The molecule has 3 aromatic heterocycles. The van der Waals surface area contributed by atoms with E-state index in [1.807, 2.05) is 31.1 Å². The Bertz CT molecular complexity index is 1250. The van der Waals surface area contributed by atoms with Crippen molar-refractivity contribution >= 4 is 11.8 Å². The standard InChI is InChI=1S/C18H19F2N7O.C2HF3O2/c1-25(2)15-7-6-12(9-22-15)14-4-3-5-16(24-14)26-11-23-27(18(26)28)10-13(8-21)17(19)20;3-2(4,5)1(6)7/h3-7,9,11H,8,10,21H2,1-2H3;(H,6,7). The van der Waals surface area contributed by atoms with Gasteiger partial charge in [-0.05, 0) is 24.3 Å². The molecule has 0 fully saturated rings. The maximum absolute atomic E-state index is 12.8. The minimum Gasteiger partial charge on any atom is -0.475 e. The molecule has 3 rings (SSSR count). The van der Waals surface area contributed by atoms with Crippen LogP contribution < -0.4 is 16.3 Å². The normalized spacial score (nSPS) is 10.9. The first-order valence-corrected chi connectivity index (χ1v) is 9.64. The van der Waals surface area contributed by atoms with Crippen molar-refractivity contribution in [1.82, 2.24) is 24.3 Å². The number of rotatable bonds is 6. The first-order valence-electron chi connectivity index (χ1n) is 9.64. The molecule has 0 aliphatic rings. The summed E-state index contributed by atoms with van der Waals surface area (Å²) in [6.45, 7) is -0.731. The summed E-state index contributed by atoms with van der Waals surface area (Å²) in [5, 5.41) is 11.0. The average molecular weight is 501 g/mol. The van der Waals surface area contributed by atoms with Gasteiger partial charge in [0, 0.05) is 38.0 Å². The first kappa shape index (κ1) is 27.1. The Morgan fingerprint density at radius 1 is 1.17 bits per heavy atom. The van der Waals surface area contributed by atoms with Crippen LogP contribution in [0, 0.1) is 0 Å². The topological polar surface area (TPSA) is 132 Å². The minimum atomic E-state index is -5.08. The molecule has 0 aliphatic heterocycles.